The van der Waals surface area contributed by atoms with E-state index in [0.29, 0.717) is 19.3 Å². The summed E-state index contributed by atoms with van der Waals surface area (Å²) in [7, 11) is 0. The molecule has 0 radical (unpaired) electrons. The van der Waals surface area contributed by atoms with Gasteiger partial charge in [0.2, 0.25) is 16.9 Å². The largest absolute Gasteiger partial charge is 0.392 e. The normalized spacial score (nSPS) is 31.8. The van der Waals surface area contributed by atoms with Crippen LogP contribution >= 0.6 is 11.8 Å². The van der Waals surface area contributed by atoms with Crippen molar-refractivity contribution in [1.29, 1.82) is 0 Å². The topological polar surface area (TPSA) is 136 Å². The molecule has 5 N–H and O–H groups in total. The highest BCUT2D eigenvalue weighted by molar-refractivity contribution is 8.13. The van der Waals surface area contributed by atoms with Crippen molar-refractivity contribution < 1.29 is 29.7 Å². The number of aliphatic hydroxyl groups is 3. The van der Waals surface area contributed by atoms with Gasteiger partial charge in [0.05, 0.1) is 18.1 Å². The first kappa shape index (κ1) is 26.8. The van der Waals surface area contributed by atoms with Gasteiger partial charge in [-0.25, -0.2) is 0 Å². The summed E-state index contributed by atoms with van der Waals surface area (Å²) in [5.74, 6) is -2.28. The number of hydrogen-bond acceptors (Lipinski definition) is 7. The zero-order valence-electron chi connectivity index (χ0n) is 19.3. The van der Waals surface area contributed by atoms with Crippen LogP contribution < -0.4 is 10.6 Å². The minimum absolute atomic E-state index is 0.225. The zero-order valence-corrected chi connectivity index (χ0v) is 20.1. The van der Waals surface area contributed by atoms with E-state index in [1.54, 1.807) is 0 Å². The molecule has 0 aromatic carbocycles. The third-order valence-electron chi connectivity index (χ3n) is 6.67. The van der Waals surface area contributed by atoms with Crippen molar-refractivity contribution in [3.8, 4) is 0 Å². The molecule has 1 heterocycles. The third-order valence-corrected chi connectivity index (χ3v) is 7.66. The fraction of sp³-hybridized carbons (Fsp3) is 0.783. The van der Waals surface area contributed by atoms with E-state index in [1.807, 2.05) is 19.1 Å². The summed E-state index contributed by atoms with van der Waals surface area (Å²) in [4.78, 5) is 37.6. The van der Waals surface area contributed by atoms with Gasteiger partial charge in [0.1, 0.15) is 5.60 Å². The van der Waals surface area contributed by atoms with Crippen LogP contribution in [0.5, 0.6) is 0 Å². The van der Waals surface area contributed by atoms with E-state index in [-0.39, 0.29) is 18.2 Å². The van der Waals surface area contributed by atoms with E-state index in [1.165, 1.54) is 13.8 Å². The Morgan fingerprint density at radius 2 is 2.06 bits per heavy atom. The van der Waals surface area contributed by atoms with Crippen LogP contribution in [0.1, 0.15) is 65.7 Å². The highest BCUT2D eigenvalue weighted by atomic mass is 32.2. The van der Waals surface area contributed by atoms with Crippen molar-refractivity contribution in [3.63, 3.8) is 0 Å². The van der Waals surface area contributed by atoms with Gasteiger partial charge in [0.25, 0.3) is 0 Å². The van der Waals surface area contributed by atoms with Gasteiger partial charge >= 0.3 is 0 Å². The van der Waals surface area contributed by atoms with Crippen LogP contribution in [-0.2, 0) is 14.4 Å². The summed E-state index contributed by atoms with van der Waals surface area (Å²) in [6.45, 7) is 5.00. The maximum absolute atomic E-state index is 13.5. The molecule has 1 saturated heterocycles. The molecule has 0 saturated carbocycles. The first-order valence-corrected chi connectivity index (χ1v) is 12.6. The Morgan fingerprint density at radius 1 is 1.34 bits per heavy atom. The highest BCUT2D eigenvalue weighted by Gasteiger charge is 2.70. The van der Waals surface area contributed by atoms with Crippen molar-refractivity contribution >= 4 is 28.7 Å². The SMILES string of the molecule is CCCCCC(O)C1C(=O)NC(C(=O)SCCNC(C)=O)(C(O)C2C=CCCC2)C1(C)O. The van der Waals surface area contributed by atoms with Crippen LogP contribution in [0, 0.1) is 11.8 Å². The number of amides is 2. The highest BCUT2D eigenvalue weighted by Crippen LogP contribution is 2.46. The summed E-state index contributed by atoms with van der Waals surface area (Å²) in [6.07, 6.45) is 6.44. The fourth-order valence-corrected chi connectivity index (χ4v) is 5.87. The third kappa shape index (κ3) is 5.55. The van der Waals surface area contributed by atoms with Crippen LogP contribution in [-0.4, -0.2) is 67.9 Å². The molecule has 182 valence electrons. The molecular formula is C23H38N2O6S. The second-order valence-corrected chi connectivity index (χ2v) is 10.1. The Hall–Kier alpha value is -1.42. The van der Waals surface area contributed by atoms with Crippen LogP contribution in [0.4, 0.5) is 0 Å². The molecule has 2 aliphatic rings. The number of hydrogen-bond donors (Lipinski definition) is 5. The maximum atomic E-state index is 13.5. The lowest BCUT2D eigenvalue weighted by Gasteiger charge is -2.45. The van der Waals surface area contributed by atoms with Gasteiger partial charge < -0.3 is 26.0 Å². The molecule has 1 aliphatic heterocycles. The molecule has 32 heavy (non-hydrogen) atoms. The van der Waals surface area contributed by atoms with Crippen LogP contribution in [0.25, 0.3) is 0 Å². The van der Waals surface area contributed by atoms with Crippen LogP contribution in [0.3, 0.4) is 0 Å². The molecule has 0 aromatic rings. The standard InChI is InChI=1S/C23H38N2O6S/c1-4-5-7-12-17(27)18-20(29)25-23(22(18,3)31,19(28)16-10-8-6-9-11-16)21(30)32-14-13-24-15(2)26/h8,10,16-19,27-28,31H,4-7,9,11-14H2,1-3H3,(H,24,26)(H,25,29). The average molecular weight is 471 g/mol. The molecule has 0 bridgehead atoms. The van der Waals surface area contributed by atoms with Crippen molar-refractivity contribution in [1.82, 2.24) is 10.6 Å². The molecule has 2 amide bonds. The number of carbonyl (C=O) groups is 3. The van der Waals surface area contributed by atoms with Crippen molar-refractivity contribution in [2.24, 2.45) is 11.8 Å². The minimum atomic E-state index is -2.00. The smallest absolute Gasteiger partial charge is 0.229 e. The number of nitrogens with one attached hydrogen (secondary N) is 2. The summed E-state index contributed by atoms with van der Waals surface area (Å²) >= 11 is 0.852. The molecule has 8 nitrogen and oxygen atoms in total. The number of aliphatic hydroxyl groups excluding tert-OH is 2. The molecular weight excluding hydrogens is 432 g/mol. The van der Waals surface area contributed by atoms with Crippen molar-refractivity contribution in [3.05, 3.63) is 12.2 Å². The average Bonchev–Trinajstić information content (AvgIpc) is 2.96. The van der Waals surface area contributed by atoms with Gasteiger partial charge in [-0.1, -0.05) is 50.1 Å². The van der Waals surface area contributed by atoms with E-state index >= 15 is 0 Å². The molecule has 1 fully saturated rings. The molecule has 9 heteroatoms. The molecule has 6 unspecified atom stereocenters. The lowest BCUT2D eigenvalue weighted by atomic mass is 9.68. The van der Waals surface area contributed by atoms with E-state index in [2.05, 4.69) is 10.6 Å². The zero-order chi connectivity index (χ0) is 23.9. The van der Waals surface area contributed by atoms with E-state index < -0.39 is 46.2 Å². The lowest BCUT2D eigenvalue weighted by molar-refractivity contribution is -0.148. The number of rotatable bonds is 11. The Morgan fingerprint density at radius 3 is 2.66 bits per heavy atom. The minimum Gasteiger partial charge on any atom is -0.392 e. The predicted molar refractivity (Wildman–Crippen MR) is 124 cm³/mol. The summed E-state index contributed by atoms with van der Waals surface area (Å²) < 4.78 is 0. The van der Waals surface area contributed by atoms with Crippen molar-refractivity contribution in [2.45, 2.75) is 89.1 Å². The van der Waals surface area contributed by atoms with E-state index in [0.717, 1.165) is 37.4 Å². The number of carbonyl (C=O) groups excluding carboxylic acids is 3. The maximum Gasteiger partial charge on any atom is 0.229 e. The monoisotopic (exact) mass is 470 g/mol. The fourth-order valence-electron chi connectivity index (χ4n) is 4.88. The van der Waals surface area contributed by atoms with Gasteiger partial charge in [-0.05, 0) is 32.6 Å². The first-order chi connectivity index (χ1) is 15.1. The second kappa shape index (κ2) is 11.6. The summed E-state index contributed by atoms with van der Waals surface area (Å²) in [6, 6.07) is 0. The summed E-state index contributed by atoms with van der Waals surface area (Å²) in [5, 5.41) is 38.5. The quantitative estimate of drug-likeness (QED) is 0.227. The summed E-state index contributed by atoms with van der Waals surface area (Å²) in [5.41, 5.74) is -3.97. The number of unbranched alkanes of at least 4 members (excludes halogenated alkanes) is 2. The van der Waals surface area contributed by atoms with Gasteiger partial charge in [0, 0.05) is 25.1 Å². The number of allylic oxidation sites excluding steroid dienone is 1. The Kier molecular flexibility index (Phi) is 9.75. The second-order valence-electron chi connectivity index (χ2n) is 9.07. The Bertz CT molecular complexity index is 713. The lowest BCUT2D eigenvalue weighted by Crippen LogP contribution is -2.70. The molecule has 6 atom stereocenters. The van der Waals surface area contributed by atoms with Crippen LogP contribution in [0.15, 0.2) is 12.2 Å². The molecule has 2 rings (SSSR count). The van der Waals surface area contributed by atoms with Gasteiger partial charge in [-0.15, -0.1) is 0 Å². The molecule has 0 spiro atoms. The van der Waals surface area contributed by atoms with Crippen LogP contribution in [0.2, 0.25) is 0 Å². The van der Waals surface area contributed by atoms with Gasteiger partial charge in [-0.3, -0.25) is 14.4 Å². The Labute approximate surface area is 194 Å². The van der Waals surface area contributed by atoms with Gasteiger partial charge in [0.15, 0.2) is 5.54 Å². The first-order valence-electron chi connectivity index (χ1n) is 11.6. The Balaban J connectivity index is 2.35. The van der Waals surface area contributed by atoms with Gasteiger partial charge in [-0.2, -0.15) is 0 Å². The van der Waals surface area contributed by atoms with E-state index in [9.17, 15) is 29.7 Å². The molecule has 1 aliphatic carbocycles. The predicted octanol–water partition coefficient (Wildman–Crippen LogP) is 1.28. The molecule has 0 aromatic heterocycles. The number of thioether (sulfide) groups is 1. The van der Waals surface area contributed by atoms with Crippen molar-refractivity contribution in [2.75, 3.05) is 12.3 Å². The van der Waals surface area contributed by atoms with E-state index in [4.69, 9.17) is 0 Å².